The predicted molar refractivity (Wildman–Crippen MR) is 138 cm³/mol. The highest BCUT2D eigenvalue weighted by molar-refractivity contribution is 6.36. The summed E-state index contributed by atoms with van der Waals surface area (Å²) in [6.07, 6.45) is 6.31. The Bertz CT molecular complexity index is 1230. The van der Waals surface area contributed by atoms with Crippen molar-refractivity contribution in [2.75, 3.05) is 62.0 Å². The fourth-order valence-corrected chi connectivity index (χ4v) is 4.43. The number of ether oxygens (including phenoxy) is 1. The summed E-state index contributed by atoms with van der Waals surface area (Å²) in [4.78, 5) is 13.7. The lowest BCUT2D eigenvalue weighted by molar-refractivity contribution is 0.144. The van der Waals surface area contributed by atoms with Crippen LogP contribution in [0.5, 0.6) is 0 Å². The Morgan fingerprint density at radius 1 is 1.17 bits per heavy atom. The summed E-state index contributed by atoms with van der Waals surface area (Å²) >= 11 is 6.89. The lowest BCUT2D eigenvalue weighted by atomic mass is 10.1. The summed E-state index contributed by atoms with van der Waals surface area (Å²) in [5, 5.41) is 27.3. The number of hydrogen-bond acceptors (Lipinski definition) is 10. The zero-order valence-electron chi connectivity index (χ0n) is 19.6. The average molecular weight is 497 g/mol. The van der Waals surface area contributed by atoms with Crippen molar-refractivity contribution in [2.24, 2.45) is 0 Å². The van der Waals surface area contributed by atoms with Gasteiger partial charge in [0, 0.05) is 58.3 Å². The quantitative estimate of drug-likeness (QED) is 0.315. The minimum Gasteiger partial charge on any atom is -0.383 e. The fourth-order valence-electron chi connectivity index (χ4n) is 4.16. The number of benzene rings is 1. The molecule has 1 aliphatic heterocycles. The smallest absolute Gasteiger partial charge is 0.247 e. The molecule has 12 heteroatoms. The molecule has 4 N–H and O–H groups in total. The Hall–Kier alpha value is -3.28. The van der Waals surface area contributed by atoms with Gasteiger partial charge in [-0.2, -0.15) is 4.98 Å². The Labute approximate surface area is 208 Å². The molecule has 35 heavy (non-hydrogen) atoms. The third-order valence-electron chi connectivity index (χ3n) is 6.27. The second-order valence-corrected chi connectivity index (χ2v) is 9.14. The van der Waals surface area contributed by atoms with Gasteiger partial charge in [-0.3, -0.25) is 4.90 Å². The molecule has 2 aliphatic rings. The van der Waals surface area contributed by atoms with E-state index in [9.17, 15) is 0 Å². The van der Waals surface area contributed by atoms with Crippen LogP contribution in [0.4, 0.5) is 23.1 Å². The summed E-state index contributed by atoms with van der Waals surface area (Å²) in [5.41, 5.74) is 3.36. The van der Waals surface area contributed by atoms with Gasteiger partial charge in [-0.05, 0) is 30.5 Å². The van der Waals surface area contributed by atoms with Gasteiger partial charge in [-0.15, -0.1) is 5.10 Å². The minimum atomic E-state index is 0.334. The van der Waals surface area contributed by atoms with Crippen molar-refractivity contribution in [3.63, 3.8) is 0 Å². The number of hydrogen-bond donors (Lipinski definition) is 4. The fraction of sp³-hybridized carbons (Fsp3) is 0.435. The second kappa shape index (κ2) is 10.1. The molecule has 0 spiro atoms. The minimum absolute atomic E-state index is 0.334. The van der Waals surface area contributed by atoms with E-state index >= 15 is 0 Å². The van der Waals surface area contributed by atoms with Crippen molar-refractivity contribution < 1.29 is 4.74 Å². The molecule has 0 bridgehead atoms. The highest BCUT2D eigenvalue weighted by Gasteiger charge is 2.25. The number of piperazine rings is 1. The number of aromatic nitrogens is 4. The number of nitrogens with one attached hydrogen (secondary N) is 4. The summed E-state index contributed by atoms with van der Waals surface area (Å²) in [6.45, 7) is 5.13. The summed E-state index contributed by atoms with van der Waals surface area (Å²) in [5.74, 6) is 0.950. The molecule has 0 amide bonds. The molecule has 0 unspecified atom stereocenters. The molecule has 3 heterocycles. The van der Waals surface area contributed by atoms with Gasteiger partial charge in [-0.1, -0.05) is 11.6 Å². The Kier molecular flexibility index (Phi) is 6.80. The van der Waals surface area contributed by atoms with Crippen LogP contribution < -0.4 is 15.5 Å². The second-order valence-electron chi connectivity index (χ2n) is 8.76. The molecule has 184 valence electrons. The van der Waals surface area contributed by atoms with Crippen molar-refractivity contribution in [3.05, 3.63) is 34.6 Å². The SMILES string of the molecule is COCCN1CCN(c2cc(C=N)cc(Nc3nc(NC4CC4)c4ncc(C=N)n4n3)c2Cl)CC1. The highest BCUT2D eigenvalue weighted by atomic mass is 35.5. The zero-order chi connectivity index (χ0) is 24.4. The number of rotatable bonds is 10. The summed E-state index contributed by atoms with van der Waals surface area (Å²) in [7, 11) is 1.72. The van der Waals surface area contributed by atoms with Gasteiger partial charge in [0.15, 0.2) is 11.5 Å². The van der Waals surface area contributed by atoms with Crippen LogP contribution in [-0.2, 0) is 4.74 Å². The Morgan fingerprint density at radius 3 is 2.66 bits per heavy atom. The van der Waals surface area contributed by atoms with Gasteiger partial charge >= 0.3 is 0 Å². The zero-order valence-corrected chi connectivity index (χ0v) is 20.3. The number of imidazole rings is 1. The topological polar surface area (TPSA) is 131 Å². The van der Waals surface area contributed by atoms with Crippen LogP contribution in [0.3, 0.4) is 0 Å². The van der Waals surface area contributed by atoms with E-state index in [1.807, 2.05) is 12.1 Å². The third kappa shape index (κ3) is 5.07. The summed E-state index contributed by atoms with van der Waals surface area (Å²) < 4.78 is 6.80. The predicted octanol–water partition coefficient (Wildman–Crippen LogP) is 2.86. The van der Waals surface area contributed by atoms with Gasteiger partial charge in [0.1, 0.15) is 5.69 Å². The van der Waals surface area contributed by atoms with Crippen LogP contribution in [0.15, 0.2) is 18.3 Å². The van der Waals surface area contributed by atoms with Crippen molar-refractivity contribution in [2.45, 2.75) is 18.9 Å². The van der Waals surface area contributed by atoms with Crippen LogP contribution in [0.2, 0.25) is 5.02 Å². The van der Waals surface area contributed by atoms with E-state index in [1.165, 1.54) is 12.4 Å². The van der Waals surface area contributed by atoms with E-state index in [1.54, 1.807) is 17.8 Å². The van der Waals surface area contributed by atoms with Gasteiger partial charge in [-0.25, -0.2) is 9.50 Å². The molecule has 3 aromatic rings. The first-order chi connectivity index (χ1) is 17.1. The molecular formula is C23H29ClN10O. The van der Waals surface area contributed by atoms with E-state index < -0.39 is 0 Å². The maximum Gasteiger partial charge on any atom is 0.247 e. The van der Waals surface area contributed by atoms with Gasteiger partial charge in [0.05, 0.1) is 29.2 Å². The molecule has 1 aliphatic carbocycles. The van der Waals surface area contributed by atoms with Crippen molar-refractivity contribution in [1.82, 2.24) is 24.5 Å². The van der Waals surface area contributed by atoms with E-state index in [-0.39, 0.29) is 0 Å². The number of halogens is 1. The van der Waals surface area contributed by atoms with E-state index in [2.05, 4.69) is 35.5 Å². The van der Waals surface area contributed by atoms with Gasteiger partial charge in [0.2, 0.25) is 5.95 Å². The van der Waals surface area contributed by atoms with Crippen LogP contribution in [-0.4, -0.2) is 89.4 Å². The van der Waals surface area contributed by atoms with Crippen LogP contribution in [0.25, 0.3) is 5.65 Å². The molecule has 2 aromatic heterocycles. The molecule has 2 fully saturated rings. The summed E-state index contributed by atoms with van der Waals surface area (Å²) in [6, 6.07) is 4.14. The Balaban J connectivity index is 1.44. The van der Waals surface area contributed by atoms with Crippen LogP contribution >= 0.6 is 11.6 Å². The maximum atomic E-state index is 7.85. The van der Waals surface area contributed by atoms with Crippen molar-refractivity contribution in [3.8, 4) is 0 Å². The standard InChI is InChI=1S/C23H29ClN10O/c1-35-9-8-32-4-6-33(7-5-32)19-11-15(12-25)10-18(20(19)24)29-23-30-21(28-16-2-3-16)22-27-14-17(13-26)34(22)31-23/h10-14,16,25-26H,2-9H2,1H3,(H2,28,29,30,31). The average Bonchev–Trinajstić information content (AvgIpc) is 3.60. The van der Waals surface area contributed by atoms with E-state index in [0.29, 0.717) is 39.9 Å². The monoisotopic (exact) mass is 496 g/mol. The molecule has 0 radical (unpaired) electrons. The number of anilines is 4. The number of fused-ring (bicyclic) bond motifs is 1. The molecular weight excluding hydrogens is 468 g/mol. The lowest BCUT2D eigenvalue weighted by Gasteiger charge is -2.36. The molecule has 1 aromatic carbocycles. The largest absolute Gasteiger partial charge is 0.383 e. The number of nitrogens with zero attached hydrogens (tertiary/aromatic N) is 6. The molecule has 1 saturated heterocycles. The first kappa shape index (κ1) is 23.5. The first-order valence-corrected chi connectivity index (χ1v) is 12.1. The van der Waals surface area contributed by atoms with Crippen LogP contribution in [0.1, 0.15) is 24.1 Å². The third-order valence-corrected chi connectivity index (χ3v) is 6.67. The molecule has 5 rings (SSSR count). The normalized spacial score (nSPS) is 16.5. The highest BCUT2D eigenvalue weighted by Crippen LogP contribution is 2.36. The Morgan fingerprint density at radius 2 is 1.97 bits per heavy atom. The molecule has 11 nitrogen and oxygen atoms in total. The van der Waals surface area contributed by atoms with Gasteiger partial charge in [0.25, 0.3) is 0 Å². The van der Waals surface area contributed by atoms with E-state index in [4.69, 9.17) is 27.2 Å². The number of methoxy groups -OCH3 is 1. The first-order valence-electron chi connectivity index (χ1n) is 11.7. The lowest BCUT2D eigenvalue weighted by Crippen LogP contribution is -2.47. The molecule has 0 atom stereocenters. The maximum absolute atomic E-state index is 7.85. The van der Waals surface area contributed by atoms with Crippen molar-refractivity contribution >= 4 is 52.8 Å². The van der Waals surface area contributed by atoms with Gasteiger partial charge < -0.3 is 31.1 Å². The molecule has 1 saturated carbocycles. The van der Waals surface area contributed by atoms with Crippen LogP contribution in [0, 0.1) is 10.8 Å². The van der Waals surface area contributed by atoms with E-state index in [0.717, 1.165) is 63.4 Å². The van der Waals surface area contributed by atoms with Crippen molar-refractivity contribution in [1.29, 1.82) is 10.8 Å².